The first-order valence-corrected chi connectivity index (χ1v) is 7.30. The minimum Gasteiger partial charge on any atom is -0.508 e. The van der Waals surface area contributed by atoms with Crippen molar-refractivity contribution in [3.05, 3.63) is 59.1 Å². The number of H-pyrrole nitrogens is 1. The van der Waals surface area contributed by atoms with E-state index in [9.17, 15) is 15.0 Å². The molecule has 3 N–H and O–H groups in total. The highest BCUT2D eigenvalue weighted by atomic mass is 16.3. The molecule has 0 saturated carbocycles. The van der Waals surface area contributed by atoms with E-state index in [4.69, 9.17) is 0 Å². The molecule has 0 radical (unpaired) electrons. The lowest BCUT2D eigenvalue weighted by Gasteiger charge is -2.08. The number of aryl methyl sites for hydroxylation is 1. The molecule has 120 valence electrons. The lowest BCUT2D eigenvalue weighted by molar-refractivity contribution is 0.451. The minimum absolute atomic E-state index is 0.0635. The van der Waals surface area contributed by atoms with Crippen molar-refractivity contribution >= 4 is 10.9 Å². The zero-order valence-corrected chi connectivity index (χ0v) is 12.8. The Morgan fingerprint density at radius 1 is 1.08 bits per heavy atom. The predicted octanol–water partition coefficient (Wildman–Crippen LogP) is 2.13. The Balaban J connectivity index is 1.94. The fraction of sp³-hybridized carbons (Fsp3) is 0.0588. The first kappa shape index (κ1) is 14.1. The summed E-state index contributed by atoms with van der Waals surface area (Å²) in [5.74, 6) is 0.0511. The fourth-order valence-electron chi connectivity index (χ4n) is 2.83. The number of phenolic OH excluding ortho intramolecular Hbond substituents is 2. The molecule has 2 aromatic heterocycles. The fourth-order valence-corrected chi connectivity index (χ4v) is 2.83. The molecule has 0 spiro atoms. The molecule has 0 aliphatic carbocycles. The molecule has 0 atom stereocenters. The number of benzene rings is 2. The van der Waals surface area contributed by atoms with Crippen molar-refractivity contribution in [3.63, 3.8) is 0 Å². The van der Waals surface area contributed by atoms with Gasteiger partial charge in [-0.15, -0.1) is 0 Å². The van der Waals surface area contributed by atoms with E-state index in [1.54, 1.807) is 0 Å². The molecule has 24 heavy (non-hydrogen) atoms. The van der Waals surface area contributed by atoms with Gasteiger partial charge in [0.2, 0.25) is 0 Å². The third kappa shape index (κ3) is 2.06. The van der Waals surface area contributed by atoms with Gasteiger partial charge < -0.3 is 14.8 Å². The standard InChI is InChI=1S/C17H14N4O3/c1-20-7-6-10-8-11(2-5-14(10)20)21-16(18-19-17(21)24)13-4-3-12(22)9-15(13)23/h2-9,22-23H,1H3,(H,19,24). The van der Waals surface area contributed by atoms with Gasteiger partial charge in [-0.1, -0.05) is 0 Å². The Labute approximate surface area is 136 Å². The van der Waals surface area contributed by atoms with Gasteiger partial charge in [-0.2, -0.15) is 5.10 Å². The van der Waals surface area contributed by atoms with Crippen LogP contribution in [0.15, 0.2) is 53.5 Å². The number of aromatic hydroxyl groups is 2. The van der Waals surface area contributed by atoms with Gasteiger partial charge in [-0.3, -0.25) is 0 Å². The number of nitrogens with zero attached hydrogens (tertiary/aromatic N) is 3. The highest BCUT2D eigenvalue weighted by Gasteiger charge is 2.16. The summed E-state index contributed by atoms with van der Waals surface area (Å²) in [6.07, 6.45) is 1.94. The molecular formula is C17H14N4O3. The van der Waals surface area contributed by atoms with Gasteiger partial charge in [0.15, 0.2) is 5.82 Å². The summed E-state index contributed by atoms with van der Waals surface area (Å²) in [5.41, 5.74) is 1.62. The summed E-state index contributed by atoms with van der Waals surface area (Å²) in [7, 11) is 1.95. The van der Waals surface area contributed by atoms with Crippen LogP contribution in [0, 0.1) is 0 Å². The number of hydrogen-bond donors (Lipinski definition) is 3. The van der Waals surface area contributed by atoms with Crippen molar-refractivity contribution < 1.29 is 10.2 Å². The molecule has 0 saturated heterocycles. The van der Waals surface area contributed by atoms with Crippen LogP contribution in [-0.2, 0) is 7.05 Å². The second-order valence-corrected chi connectivity index (χ2v) is 5.56. The lowest BCUT2D eigenvalue weighted by Crippen LogP contribution is -2.15. The molecule has 4 rings (SSSR count). The largest absolute Gasteiger partial charge is 0.508 e. The average molecular weight is 322 g/mol. The topological polar surface area (TPSA) is 96.1 Å². The Morgan fingerprint density at radius 2 is 1.92 bits per heavy atom. The molecule has 0 aliphatic heterocycles. The molecule has 0 amide bonds. The number of hydrogen-bond acceptors (Lipinski definition) is 4. The van der Waals surface area contributed by atoms with E-state index < -0.39 is 5.69 Å². The molecule has 2 aromatic carbocycles. The Hall–Kier alpha value is -3.48. The van der Waals surface area contributed by atoms with Crippen LogP contribution in [0.1, 0.15) is 0 Å². The molecule has 0 aliphatic rings. The van der Waals surface area contributed by atoms with E-state index in [0.29, 0.717) is 11.3 Å². The van der Waals surface area contributed by atoms with Gasteiger partial charge in [-0.25, -0.2) is 14.5 Å². The summed E-state index contributed by atoms with van der Waals surface area (Å²) < 4.78 is 3.38. The molecule has 4 aromatic rings. The Bertz CT molecular complexity index is 1120. The smallest absolute Gasteiger partial charge is 0.348 e. The van der Waals surface area contributed by atoms with Gasteiger partial charge in [-0.05, 0) is 36.4 Å². The van der Waals surface area contributed by atoms with Gasteiger partial charge in [0.25, 0.3) is 0 Å². The minimum atomic E-state index is -0.409. The molecule has 2 heterocycles. The zero-order valence-electron chi connectivity index (χ0n) is 12.8. The molecule has 7 nitrogen and oxygen atoms in total. The SMILES string of the molecule is Cn1ccc2cc(-n3c(-c4ccc(O)cc4O)n[nH]c3=O)ccc21. The first-order chi connectivity index (χ1) is 11.5. The first-order valence-electron chi connectivity index (χ1n) is 7.30. The third-order valence-corrected chi connectivity index (χ3v) is 4.02. The highest BCUT2D eigenvalue weighted by Crippen LogP contribution is 2.31. The summed E-state index contributed by atoms with van der Waals surface area (Å²) in [4.78, 5) is 12.2. The van der Waals surface area contributed by atoms with E-state index in [-0.39, 0.29) is 17.3 Å². The second-order valence-electron chi connectivity index (χ2n) is 5.56. The van der Waals surface area contributed by atoms with Crippen molar-refractivity contribution in [3.8, 4) is 28.6 Å². The van der Waals surface area contributed by atoms with E-state index >= 15 is 0 Å². The van der Waals surface area contributed by atoms with Crippen LogP contribution >= 0.6 is 0 Å². The van der Waals surface area contributed by atoms with Crippen LogP contribution in [0.2, 0.25) is 0 Å². The van der Waals surface area contributed by atoms with Crippen molar-refractivity contribution in [2.45, 2.75) is 0 Å². The van der Waals surface area contributed by atoms with Gasteiger partial charge in [0, 0.05) is 30.2 Å². The maximum atomic E-state index is 12.2. The number of fused-ring (bicyclic) bond motifs is 1. The molecule has 7 heteroatoms. The average Bonchev–Trinajstić information content (AvgIpc) is 3.11. The van der Waals surface area contributed by atoms with Gasteiger partial charge in [0.05, 0.1) is 11.3 Å². The third-order valence-electron chi connectivity index (χ3n) is 4.02. The van der Waals surface area contributed by atoms with Crippen molar-refractivity contribution in [1.29, 1.82) is 0 Å². The van der Waals surface area contributed by atoms with E-state index in [1.807, 2.05) is 42.1 Å². The maximum absolute atomic E-state index is 12.2. The second kappa shape index (κ2) is 5.02. The number of aromatic amines is 1. The van der Waals surface area contributed by atoms with Crippen LogP contribution in [-0.4, -0.2) is 29.5 Å². The number of nitrogens with one attached hydrogen (secondary N) is 1. The van der Waals surface area contributed by atoms with Crippen molar-refractivity contribution in [1.82, 2.24) is 19.3 Å². The number of rotatable bonds is 2. The van der Waals surface area contributed by atoms with Gasteiger partial charge in [0.1, 0.15) is 11.5 Å². The van der Waals surface area contributed by atoms with Crippen LogP contribution in [0.4, 0.5) is 0 Å². The Morgan fingerprint density at radius 3 is 2.71 bits per heavy atom. The number of aromatic nitrogens is 4. The Kier molecular flexibility index (Phi) is 2.96. The number of phenols is 2. The summed E-state index contributed by atoms with van der Waals surface area (Å²) in [6, 6.07) is 11.7. The molecule has 0 bridgehead atoms. The normalized spacial score (nSPS) is 11.2. The van der Waals surface area contributed by atoms with Crippen molar-refractivity contribution in [2.75, 3.05) is 0 Å². The predicted molar refractivity (Wildman–Crippen MR) is 89.4 cm³/mol. The summed E-state index contributed by atoms with van der Waals surface area (Å²) in [6.45, 7) is 0. The van der Waals surface area contributed by atoms with Crippen molar-refractivity contribution in [2.24, 2.45) is 7.05 Å². The zero-order chi connectivity index (χ0) is 16.8. The molecule has 0 unspecified atom stereocenters. The quantitative estimate of drug-likeness (QED) is 0.527. The maximum Gasteiger partial charge on any atom is 0.348 e. The molecular weight excluding hydrogens is 308 g/mol. The molecule has 0 fully saturated rings. The summed E-state index contributed by atoms with van der Waals surface area (Å²) in [5, 5.41) is 26.9. The van der Waals surface area contributed by atoms with Crippen LogP contribution in [0.5, 0.6) is 11.5 Å². The van der Waals surface area contributed by atoms with E-state index in [0.717, 1.165) is 10.9 Å². The summed E-state index contributed by atoms with van der Waals surface area (Å²) >= 11 is 0. The highest BCUT2D eigenvalue weighted by molar-refractivity contribution is 5.82. The van der Waals surface area contributed by atoms with Crippen LogP contribution in [0.25, 0.3) is 28.0 Å². The van der Waals surface area contributed by atoms with Crippen LogP contribution in [0.3, 0.4) is 0 Å². The lowest BCUT2D eigenvalue weighted by atomic mass is 10.1. The van der Waals surface area contributed by atoms with E-state index in [2.05, 4.69) is 10.2 Å². The van der Waals surface area contributed by atoms with Crippen LogP contribution < -0.4 is 5.69 Å². The van der Waals surface area contributed by atoms with E-state index in [1.165, 1.54) is 22.8 Å². The monoisotopic (exact) mass is 322 g/mol. The van der Waals surface area contributed by atoms with Gasteiger partial charge >= 0.3 is 5.69 Å².